The van der Waals surface area contributed by atoms with Gasteiger partial charge in [0, 0.05) is 17.3 Å². The van der Waals surface area contributed by atoms with E-state index in [1.54, 1.807) is 31.8 Å². The van der Waals surface area contributed by atoms with E-state index in [4.69, 9.17) is 9.47 Å². The fourth-order valence-electron chi connectivity index (χ4n) is 2.34. The first kappa shape index (κ1) is 19.0. The lowest BCUT2D eigenvalue weighted by Crippen LogP contribution is -2.19. The van der Waals surface area contributed by atoms with E-state index >= 15 is 0 Å². The van der Waals surface area contributed by atoms with E-state index in [0.717, 1.165) is 11.3 Å². The smallest absolute Gasteiger partial charge is 0.291 e. The first-order valence-corrected chi connectivity index (χ1v) is 8.57. The molecule has 0 aliphatic rings. The van der Waals surface area contributed by atoms with Gasteiger partial charge in [-0.15, -0.1) is 0 Å². The van der Waals surface area contributed by atoms with Crippen molar-refractivity contribution in [2.24, 2.45) is 5.10 Å². The molecule has 1 N–H and O–H groups in total. The minimum atomic E-state index is -0.465. The molecule has 0 saturated carbocycles. The Bertz CT molecular complexity index is 974. The van der Waals surface area contributed by atoms with Crippen molar-refractivity contribution in [1.29, 1.82) is 0 Å². The Morgan fingerprint density at radius 1 is 1.11 bits per heavy atom. The summed E-state index contributed by atoms with van der Waals surface area (Å²) in [5.41, 5.74) is 4.69. The van der Waals surface area contributed by atoms with Crippen LogP contribution in [0.1, 0.15) is 23.0 Å². The first-order chi connectivity index (χ1) is 13.7. The minimum absolute atomic E-state index is 0.160. The van der Waals surface area contributed by atoms with Crippen molar-refractivity contribution in [2.75, 3.05) is 13.7 Å². The fraction of sp³-hybridized carbons (Fsp3) is 0.150. The Morgan fingerprint density at radius 2 is 1.89 bits per heavy atom. The molecule has 8 heteroatoms. The summed E-state index contributed by atoms with van der Waals surface area (Å²) in [5.74, 6) is 0.908. The lowest BCUT2D eigenvalue weighted by atomic mass is 10.1. The Kier molecular flexibility index (Phi) is 6.25. The molecule has 3 aromatic rings. The van der Waals surface area contributed by atoms with Gasteiger partial charge in [-0.3, -0.25) is 14.8 Å². The van der Waals surface area contributed by atoms with Crippen molar-refractivity contribution < 1.29 is 14.3 Å². The molecule has 0 radical (unpaired) electrons. The van der Waals surface area contributed by atoms with E-state index in [9.17, 15) is 4.79 Å². The number of hydrogen-bond donors (Lipinski definition) is 1. The van der Waals surface area contributed by atoms with Crippen LogP contribution in [0.15, 0.2) is 60.2 Å². The summed E-state index contributed by atoms with van der Waals surface area (Å²) in [6.45, 7) is 2.52. The van der Waals surface area contributed by atoms with E-state index in [-0.39, 0.29) is 5.69 Å². The molecule has 0 bridgehead atoms. The van der Waals surface area contributed by atoms with Crippen molar-refractivity contribution in [2.45, 2.75) is 6.92 Å². The Morgan fingerprint density at radius 3 is 2.64 bits per heavy atom. The number of carbonyl (C=O) groups is 1. The predicted molar refractivity (Wildman–Crippen MR) is 104 cm³/mol. The minimum Gasteiger partial charge on any atom is -0.495 e. The molecule has 1 aromatic carbocycles. The molecule has 0 saturated heterocycles. The van der Waals surface area contributed by atoms with Crippen LogP contribution in [0, 0.1) is 0 Å². The summed E-state index contributed by atoms with van der Waals surface area (Å²) >= 11 is 0. The van der Waals surface area contributed by atoms with Crippen molar-refractivity contribution in [1.82, 2.24) is 20.4 Å². The number of carbonyl (C=O) groups excluding carboxylic acids is 1. The zero-order chi connectivity index (χ0) is 19.8. The highest BCUT2D eigenvalue weighted by Gasteiger charge is 2.09. The van der Waals surface area contributed by atoms with Crippen molar-refractivity contribution in [3.05, 3.63) is 66.4 Å². The summed E-state index contributed by atoms with van der Waals surface area (Å²) in [4.78, 5) is 24.8. The van der Waals surface area contributed by atoms with Crippen molar-refractivity contribution >= 4 is 12.1 Å². The molecule has 142 valence electrons. The van der Waals surface area contributed by atoms with Gasteiger partial charge in [0.25, 0.3) is 5.91 Å². The van der Waals surface area contributed by atoms with E-state index in [2.05, 4.69) is 25.5 Å². The Labute approximate surface area is 162 Å². The fourth-order valence-corrected chi connectivity index (χ4v) is 2.34. The molecular weight excluding hydrogens is 358 g/mol. The summed E-state index contributed by atoms with van der Waals surface area (Å²) in [5, 5.41) is 3.92. The molecule has 0 fully saturated rings. The zero-order valence-corrected chi connectivity index (χ0v) is 15.5. The standard InChI is InChI=1S/C20H19N5O3/c1-3-28-16-6-4-15(5-7-16)18-12-22-13-19(24-18)20(26)25-23-10-14-8-17(27-2)11-21-9-14/h4-13H,3H2,1-2H3,(H,25,26)/b23-10+. The monoisotopic (exact) mass is 377 g/mol. The second-order valence-electron chi connectivity index (χ2n) is 5.60. The number of amides is 1. The van der Waals surface area contributed by atoms with Crippen LogP contribution >= 0.6 is 0 Å². The lowest BCUT2D eigenvalue weighted by Gasteiger charge is -2.06. The van der Waals surface area contributed by atoms with Gasteiger partial charge in [-0.1, -0.05) is 0 Å². The van der Waals surface area contributed by atoms with Gasteiger partial charge in [-0.2, -0.15) is 5.10 Å². The average molecular weight is 377 g/mol. The Hall–Kier alpha value is -3.81. The van der Waals surface area contributed by atoms with Gasteiger partial charge in [0.15, 0.2) is 0 Å². The molecule has 0 spiro atoms. The molecule has 8 nitrogen and oxygen atoms in total. The maximum absolute atomic E-state index is 12.3. The highest BCUT2D eigenvalue weighted by molar-refractivity contribution is 5.93. The van der Waals surface area contributed by atoms with E-state index in [0.29, 0.717) is 23.6 Å². The molecule has 2 aromatic heterocycles. The van der Waals surface area contributed by atoms with Gasteiger partial charge in [-0.05, 0) is 37.3 Å². The predicted octanol–water partition coefficient (Wildman–Crippen LogP) is 2.71. The number of pyridine rings is 1. The third-order valence-corrected chi connectivity index (χ3v) is 3.68. The van der Waals surface area contributed by atoms with Gasteiger partial charge in [0.2, 0.25) is 0 Å². The van der Waals surface area contributed by atoms with Crippen molar-refractivity contribution in [3.8, 4) is 22.8 Å². The summed E-state index contributed by atoms with van der Waals surface area (Å²) in [7, 11) is 1.55. The number of hydrogen-bond acceptors (Lipinski definition) is 7. The second-order valence-corrected chi connectivity index (χ2v) is 5.60. The largest absolute Gasteiger partial charge is 0.495 e. The van der Waals surface area contributed by atoms with Crippen LogP contribution in [-0.4, -0.2) is 40.8 Å². The number of hydrazone groups is 1. The molecule has 0 aliphatic carbocycles. The Balaban J connectivity index is 1.68. The third-order valence-electron chi connectivity index (χ3n) is 3.68. The molecule has 0 aliphatic heterocycles. The molecule has 3 rings (SSSR count). The summed E-state index contributed by atoms with van der Waals surface area (Å²) in [6, 6.07) is 9.17. The molecule has 0 atom stereocenters. The number of rotatable bonds is 7. The van der Waals surface area contributed by atoms with Crippen LogP contribution in [0.5, 0.6) is 11.5 Å². The number of benzene rings is 1. The van der Waals surface area contributed by atoms with Gasteiger partial charge in [0.1, 0.15) is 17.2 Å². The van der Waals surface area contributed by atoms with Gasteiger partial charge >= 0.3 is 0 Å². The maximum atomic E-state index is 12.3. The van der Waals surface area contributed by atoms with Gasteiger partial charge < -0.3 is 9.47 Å². The summed E-state index contributed by atoms with van der Waals surface area (Å²) in [6.07, 6.45) is 7.63. The number of aromatic nitrogens is 3. The number of methoxy groups -OCH3 is 1. The van der Waals surface area contributed by atoms with Crippen molar-refractivity contribution in [3.63, 3.8) is 0 Å². The number of nitrogens with one attached hydrogen (secondary N) is 1. The van der Waals surface area contributed by atoms with Crippen LogP contribution in [0.3, 0.4) is 0 Å². The highest BCUT2D eigenvalue weighted by atomic mass is 16.5. The van der Waals surface area contributed by atoms with Crippen LogP contribution in [0.4, 0.5) is 0 Å². The average Bonchev–Trinajstić information content (AvgIpc) is 2.75. The molecule has 28 heavy (non-hydrogen) atoms. The molecular formula is C20H19N5O3. The highest BCUT2D eigenvalue weighted by Crippen LogP contribution is 2.20. The van der Waals surface area contributed by atoms with Crippen LogP contribution in [0.2, 0.25) is 0 Å². The molecule has 2 heterocycles. The first-order valence-electron chi connectivity index (χ1n) is 8.57. The SMILES string of the molecule is CCOc1ccc(-c2cncc(C(=O)N/N=C/c3cncc(OC)c3)n2)cc1. The topological polar surface area (TPSA) is 98.6 Å². The number of ether oxygens (including phenoxy) is 2. The normalized spacial score (nSPS) is 10.6. The van der Waals surface area contributed by atoms with Crippen LogP contribution in [0.25, 0.3) is 11.3 Å². The molecule has 0 unspecified atom stereocenters. The van der Waals surface area contributed by atoms with Crippen LogP contribution < -0.4 is 14.9 Å². The number of nitrogens with zero attached hydrogens (tertiary/aromatic N) is 4. The maximum Gasteiger partial charge on any atom is 0.291 e. The van der Waals surface area contributed by atoms with Gasteiger partial charge in [0.05, 0.1) is 44.2 Å². The van der Waals surface area contributed by atoms with Gasteiger partial charge in [-0.25, -0.2) is 10.4 Å². The lowest BCUT2D eigenvalue weighted by molar-refractivity contribution is 0.0950. The molecule has 1 amide bonds. The van der Waals surface area contributed by atoms with Crippen LogP contribution in [-0.2, 0) is 0 Å². The zero-order valence-electron chi connectivity index (χ0n) is 15.5. The second kappa shape index (κ2) is 9.22. The van der Waals surface area contributed by atoms with E-state index < -0.39 is 5.91 Å². The summed E-state index contributed by atoms with van der Waals surface area (Å²) < 4.78 is 10.5. The quantitative estimate of drug-likeness (QED) is 0.502. The van der Waals surface area contributed by atoms with E-state index in [1.165, 1.54) is 12.4 Å². The van der Waals surface area contributed by atoms with E-state index in [1.807, 2.05) is 31.2 Å². The third kappa shape index (κ3) is 4.88.